The molecule has 1 N–H and O–H groups in total. The summed E-state index contributed by atoms with van der Waals surface area (Å²) in [6.45, 7) is 0. The number of halogens is 3. The molecule has 0 aliphatic heterocycles. The van der Waals surface area contributed by atoms with Crippen LogP contribution in [0, 0.1) is 0 Å². The highest BCUT2D eigenvalue weighted by molar-refractivity contribution is 6.39. The van der Waals surface area contributed by atoms with Gasteiger partial charge in [0.15, 0.2) is 5.75 Å². The molecule has 0 aliphatic rings. The van der Waals surface area contributed by atoms with E-state index >= 15 is 0 Å². The summed E-state index contributed by atoms with van der Waals surface area (Å²) in [4.78, 5) is 7.59. The Morgan fingerprint density at radius 2 is 1.86 bits per heavy atom. The lowest BCUT2D eigenvalue weighted by Crippen LogP contribution is -1.86. The fourth-order valence-electron chi connectivity index (χ4n) is 1.09. The second kappa shape index (κ2) is 3.42. The molecule has 0 saturated carbocycles. The fraction of sp³-hybridized carbons (Fsp3) is 0. The highest BCUT2D eigenvalue weighted by Crippen LogP contribution is 2.35. The Morgan fingerprint density at radius 3 is 2.57 bits per heavy atom. The molecule has 1 aromatic carbocycles. The molecule has 6 heteroatoms. The monoisotopic (exact) mass is 248 g/mol. The van der Waals surface area contributed by atoms with E-state index in [9.17, 15) is 5.11 Å². The Kier molecular flexibility index (Phi) is 2.39. The summed E-state index contributed by atoms with van der Waals surface area (Å²) in [5.74, 6) is -0.143. The van der Waals surface area contributed by atoms with E-state index in [1.165, 1.54) is 12.3 Å². The van der Waals surface area contributed by atoms with Crippen molar-refractivity contribution in [3.8, 4) is 5.75 Å². The highest BCUT2D eigenvalue weighted by atomic mass is 35.5. The molecule has 0 aliphatic carbocycles. The van der Waals surface area contributed by atoms with Crippen molar-refractivity contribution in [2.45, 2.75) is 0 Å². The predicted octanol–water partition coefficient (Wildman–Crippen LogP) is 3.30. The molecule has 72 valence electrons. The largest absolute Gasteiger partial charge is 0.504 e. The van der Waals surface area contributed by atoms with Crippen LogP contribution in [0.4, 0.5) is 0 Å². The third-order valence-corrected chi connectivity index (χ3v) is 2.50. The molecule has 1 aromatic heterocycles. The Morgan fingerprint density at radius 1 is 1.14 bits per heavy atom. The normalized spacial score (nSPS) is 10.8. The standard InChI is InChI=1S/C8H3Cl3N2O/c9-4-1-5(10)7(14)6-3(4)2-12-8(11)13-6/h1-2,14H. The minimum atomic E-state index is -0.143. The van der Waals surface area contributed by atoms with E-state index in [4.69, 9.17) is 34.8 Å². The Balaban J connectivity index is 2.95. The lowest BCUT2D eigenvalue weighted by molar-refractivity contribution is 0.480. The summed E-state index contributed by atoms with van der Waals surface area (Å²) in [5, 5.41) is 10.6. The molecule has 2 rings (SSSR count). The number of benzene rings is 1. The lowest BCUT2D eigenvalue weighted by Gasteiger charge is -2.03. The summed E-state index contributed by atoms with van der Waals surface area (Å²) < 4.78 is 0. The zero-order valence-electron chi connectivity index (χ0n) is 6.63. The van der Waals surface area contributed by atoms with Gasteiger partial charge in [-0.25, -0.2) is 9.97 Å². The molecule has 3 nitrogen and oxygen atoms in total. The van der Waals surface area contributed by atoms with Crippen LogP contribution in [0.5, 0.6) is 5.75 Å². The van der Waals surface area contributed by atoms with Gasteiger partial charge in [-0.2, -0.15) is 0 Å². The Labute approximate surface area is 94.3 Å². The van der Waals surface area contributed by atoms with Crippen LogP contribution in [0.25, 0.3) is 10.9 Å². The quantitative estimate of drug-likeness (QED) is 0.729. The molecule has 2 aromatic rings. The van der Waals surface area contributed by atoms with Crippen molar-refractivity contribution in [3.05, 3.63) is 27.6 Å². The first-order valence-corrected chi connectivity index (χ1v) is 4.72. The van der Waals surface area contributed by atoms with E-state index in [-0.39, 0.29) is 21.6 Å². The average molecular weight is 249 g/mol. The van der Waals surface area contributed by atoms with Crippen LogP contribution in [-0.2, 0) is 0 Å². The number of phenols is 1. The first-order valence-electron chi connectivity index (χ1n) is 3.59. The minimum absolute atomic E-state index is 0.0335. The topological polar surface area (TPSA) is 46.0 Å². The van der Waals surface area contributed by atoms with E-state index < -0.39 is 0 Å². The molecular weight excluding hydrogens is 246 g/mol. The van der Waals surface area contributed by atoms with Crippen molar-refractivity contribution in [1.29, 1.82) is 0 Å². The number of aromatic hydroxyl groups is 1. The molecule has 0 saturated heterocycles. The molecule has 0 radical (unpaired) electrons. The van der Waals surface area contributed by atoms with E-state index in [1.807, 2.05) is 0 Å². The number of hydrogen-bond acceptors (Lipinski definition) is 3. The van der Waals surface area contributed by atoms with Gasteiger partial charge in [-0.15, -0.1) is 0 Å². The molecule has 1 heterocycles. The van der Waals surface area contributed by atoms with Crippen molar-refractivity contribution >= 4 is 45.7 Å². The minimum Gasteiger partial charge on any atom is -0.504 e. The van der Waals surface area contributed by atoms with Crippen molar-refractivity contribution in [3.63, 3.8) is 0 Å². The zero-order chi connectivity index (χ0) is 10.3. The first kappa shape index (κ1) is 9.77. The van der Waals surface area contributed by atoms with Crippen LogP contribution in [0.2, 0.25) is 15.3 Å². The SMILES string of the molecule is Oc1c(Cl)cc(Cl)c2cnc(Cl)nc12. The summed E-state index contributed by atoms with van der Waals surface area (Å²) in [5.41, 5.74) is 0.252. The van der Waals surface area contributed by atoms with E-state index in [2.05, 4.69) is 9.97 Å². The van der Waals surface area contributed by atoms with Gasteiger partial charge in [0.1, 0.15) is 5.52 Å². The van der Waals surface area contributed by atoms with Gasteiger partial charge in [0.05, 0.1) is 10.0 Å². The predicted molar refractivity (Wildman–Crippen MR) is 56.2 cm³/mol. The van der Waals surface area contributed by atoms with Gasteiger partial charge in [0, 0.05) is 11.6 Å². The van der Waals surface area contributed by atoms with Gasteiger partial charge in [0.25, 0.3) is 0 Å². The van der Waals surface area contributed by atoms with Gasteiger partial charge in [-0.1, -0.05) is 23.2 Å². The van der Waals surface area contributed by atoms with E-state index in [1.54, 1.807) is 0 Å². The smallest absolute Gasteiger partial charge is 0.223 e. The molecule has 0 unspecified atom stereocenters. The van der Waals surface area contributed by atoms with Gasteiger partial charge < -0.3 is 5.11 Å². The van der Waals surface area contributed by atoms with Crippen LogP contribution in [0.15, 0.2) is 12.3 Å². The second-order valence-corrected chi connectivity index (χ2v) is 3.74. The Hall–Kier alpha value is -0.770. The van der Waals surface area contributed by atoms with Gasteiger partial charge in [-0.05, 0) is 17.7 Å². The molecule has 0 fully saturated rings. The van der Waals surface area contributed by atoms with E-state index in [0.29, 0.717) is 10.4 Å². The van der Waals surface area contributed by atoms with Crippen molar-refractivity contribution < 1.29 is 5.11 Å². The number of hydrogen-bond donors (Lipinski definition) is 1. The highest BCUT2D eigenvalue weighted by Gasteiger charge is 2.11. The maximum Gasteiger partial charge on any atom is 0.223 e. The average Bonchev–Trinajstić information content (AvgIpc) is 2.14. The molecular formula is C8H3Cl3N2O. The third kappa shape index (κ3) is 1.47. The molecule has 0 amide bonds. The van der Waals surface area contributed by atoms with Gasteiger partial charge >= 0.3 is 0 Å². The summed E-state index contributed by atoms with van der Waals surface area (Å²) in [6.07, 6.45) is 1.43. The fourth-order valence-corrected chi connectivity index (χ4v) is 1.72. The zero-order valence-corrected chi connectivity index (χ0v) is 8.90. The first-order chi connectivity index (χ1) is 6.59. The van der Waals surface area contributed by atoms with Crippen LogP contribution in [0.3, 0.4) is 0 Å². The summed E-state index contributed by atoms with van der Waals surface area (Å²) in [6, 6.07) is 1.43. The summed E-state index contributed by atoms with van der Waals surface area (Å²) in [7, 11) is 0. The summed E-state index contributed by atoms with van der Waals surface area (Å²) >= 11 is 17.2. The van der Waals surface area contributed by atoms with Crippen LogP contribution in [-0.4, -0.2) is 15.1 Å². The van der Waals surface area contributed by atoms with Gasteiger partial charge in [-0.3, -0.25) is 0 Å². The van der Waals surface area contributed by atoms with Crippen LogP contribution < -0.4 is 0 Å². The Bertz CT molecular complexity index is 515. The third-order valence-electron chi connectivity index (χ3n) is 1.72. The molecule has 0 atom stereocenters. The number of aromatic nitrogens is 2. The lowest BCUT2D eigenvalue weighted by atomic mass is 10.2. The maximum atomic E-state index is 9.57. The molecule has 0 spiro atoms. The molecule has 0 bridgehead atoms. The van der Waals surface area contributed by atoms with Crippen molar-refractivity contribution in [2.24, 2.45) is 0 Å². The molecule has 14 heavy (non-hydrogen) atoms. The number of fused-ring (bicyclic) bond motifs is 1. The maximum absolute atomic E-state index is 9.57. The van der Waals surface area contributed by atoms with E-state index in [0.717, 1.165) is 0 Å². The number of phenolic OH excluding ortho intramolecular Hbond substituents is 1. The van der Waals surface area contributed by atoms with Crippen LogP contribution >= 0.6 is 34.8 Å². The second-order valence-electron chi connectivity index (χ2n) is 2.59. The van der Waals surface area contributed by atoms with Crippen LogP contribution in [0.1, 0.15) is 0 Å². The number of rotatable bonds is 0. The number of nitrogens with zero attached hydrogens (tertiary/aromatic N) is 2. The van der Waals surface area contributed by atoms with Crippen molar-refractivity contribution in [2.75, 3.05) is 0 Å². The van der Waals surface area contributed by atoms with Crippen molar-refractivity contribution in [1.82, 2.24) is 9.97 Å². The van der Waals surface area contributed by atoms with Gasteiger partial charge in [0.2, 0.25) is 5.28 Å².